The molecular formula is C11H16N6. The molecule has 3 rings (SSSR count). The van der Waals surface area contributed by atoms with Gasteiger partial charge in [0.1, 0.15) is 5.52 Å². The highest BCUT2D eigenvalue weighted by Gasteiger charge is 2.34. The SMILES string of the molecule is NC1CCC(N)(c2ncc3[nH]cnc3n2)CC1. The lowest BCUT2D eigenvalue weighted by Crippen LogP contribution is -2.44. The number of hydrogen-bond donors (Lipinski definition) is 3. The normalized spacial score (nSPS) is 29.6. The third kappa shape index (κ3) is 1.79. The summed E-state index contributed by atoms with van der Waals surface area (Å²) in [6.07, 6.45) is 6.89. The fraction of sp³-hybridized carbons (Fsp3) is 0.545. The first-order valence-electron chi connectivity index (χ1n) is 5.88. The molecule has 90 valence electrons. The van der Waals surface area contributed by atoms with Gasteiger partial charge >= 0.3 is 0 Å². The summed E-state index contributed by atoms with van der Waals surface area (Å²) in [5, 5.41) is 0. The second kappa shape index (κ2) is 3.75. The van der Waals surface area contributed by atoms with Crippen molar-refractivity contribution in [2.75, 3.05) is 0 Å². The van der Waals surface area contributed by atoms with E-state index in [-0.39, 0.29) is 6.04 Å². The van der Waals surface area contributed by atoms with E-state index >= 15 is 0 Å². The van der Waals surface area contributed by atoms with Crippen LogP contribution in [0.5, 0.6) is 0 Å². The molecule has 5 N–H and O–H groups in total. The molecule has 0 spiro atoms. The van der Waals surface area contributed by atoms with Crippen molar-refractivity contribution >= 4 is 11.2 Å². The zero-order valence-electron chi connectivity index (χ0n) is 9.56. The summed E-state index contributed by atoms with van der Waals surface area (Å²) in [6.45, 7) is 0. The van der Waals surface area contributed by atoms with Crippen LogP contribution in [-0.2, 0) is 5.54 Å². The quantitative estimate of drug-likeness (QED) is 0.660. The molecule has 0 unspecified atom stereocenters. The van der Waals surface area contributed by atoms with Crippen molar-refractivity contribution in [3.05, 3.63) is 18.3 Å². The van der Waals surface area contributed by atoms with Gasteiger partial charge in [-0.1, -0.05) is 0 Å². The number of rotatable bonds is 1. The number of H-pyrrole nitrogens is 1. The molecule has 2 aromatic rings. The van der Waals surface area contributed by atoms with Crippen LogP contribution in [0.2, 0.25) is 0 Å². The molecular weight excluding hydrogens is 216 g/mol. The smallest absolute Gasteiger partial charge is 0.180 e. The minimum absolute atomic E-state index is 0.265. The second-order valence-corrected chi connectivity index (χ2v) is 4.83. The summed E-state index contributed by atoms with van der Waals surface area (Å²) in [6, 6.07) is 0.265. The Hall–Kier alpha value is -1.53. The Morgan fingerprint density at radius 3 is 2.82 bits per heavy atom. The maximum atomic E-state index is 6.38. The first kappa shape index (κ1) is 10.6. The zero-order chi connectivity index (χ0) is 11.9. The lowest BCUT2D eigenvalue weighted by molar-refractivity contribution is 0.265. The van der Waals surface area contributed by atoms with Crippen LogP contribution in [0.15, 0.2) is 12.5 Å². The predicted octanol–water partition coefficient (Wildman–Crippen LogP) is 0.408. The highest BCUT2D eigenvalue weighted by Crippen LogP contribution is 2.32. The number of imidazole rings is 1. The van der Waals surface area contributed by atoms with Gasteiger partial charge in [-0.15, -0.1) is 0 Å². The Balaban J connectivity index is 1.96. The molecule has 0 bridgehead atoms. The number of hydrogen-bond acceptors (Lipinski definition) is 5. The van der Waals surface area contributed by atoms with Gasteiger partial charge in [-0.25, -0.2) is 15.0 Å². The maximum Gasteiger partial charge on any atom is 0.180 e. The van der Waals surface area contributed by atoms with Crippen LogP contribution in [0.25, 0.3) is 11.2 Å². The van der Waals surface area contributed by atoms with Crippen LogP contribution in [0.3, 0.4) is 0 Å². The van der Waals surface area contributed by atoms with Crippen LogP contribution < -0.4 is 11.5 Å². The molecule has 17 heavy (non-hydrogen) atoms. The third-order valence-electron chi connectivity index (χ3n) is 3.54. The van der Waals surface area contributed by atoms with Crippen molar-refractivity contribution in [1.82, 2.24) is 19.9 Å². The summed E-state index contributed by atoms with van der Waals surface area (Å²) in [4.78, 5) is 15.9. The average molecular weight is 232 g/mol. The highest BCUT2D eigenvalue weighted by atomic mass is 15.0. The number of nitrogens with two attached hydrogens (primary N) is 2. The van der Waals surface area contributed by atoms with E-state index in [1.165, 1.54) is 0 Å². The van der Waals surface area contributed by atoms with Crippen molar-refractivity contribution in [2.24, 2.45) is 11.5 Å². The summed E-state index contributed by atoms with van der Waals surface area (Å²) in [5.41, 5.74) is 13.4. The molecule has 0 radical (unpaired) electrons. The van der Waals surface area contributed by atoms with E-state index in [0.29, 0.717) is 11.5 Å². The van der Waals surface area contributed by atoms with Gasteiger partial charge in [0.2, 0.25) is 0 Å². The monoisotopic (exact) mass is 232 g/mol. The molecule has 0 amide bonds. The van der Waals surface area contributed by atoms with Crippen LogP contribution in [0.1, 0.15) is 31.5 Å². The molecule has 1 saturated carbocycles. The lowest BCUT2D eigenvalue weighted by Gasteiger charge is -2.34. The Bertz CT molecular complexity index is 525. The van der Waals surface area contributed by atoms with Gasteiger partial charge in [-0.3, -0.25) is 0 Å². The van der Waals surface area contributed by atoms with Gasteiger partial charge < -0.3 is 16.5 Å². The standard InChI is InChI=1S/C11H16N6/c12-7-1-3-11(13,4-2-7)10-14-5-8-9(17-10)16-6-15-8/h5-7H,1-4,12-13H2,(H,14,15,16,17). The van der Waals surface area contributed by atoms with Crippen molar-refractivity contribution in [1.29, 1.82) is 0 Å². The van der Waals surface area contributed by atoms with Gasteiger partial charge in [0.25, 0.3) is 0 Å². The fourth-order valence-corrected chi connectivity index (χ4v) is 2.35. The van der Waals surface area contributed by atoms with E-state index in [0.717, 1.165) is 31.2 Å². The third-order valence-corrected chi connectivity index (χ3v) is 3.54. The molecule has 2 aromatic heterocycles. The first-order valence-corrected chi connectivity index (χ1v) is 5.88. The topological polar surface area (TPSA) is 106 Å². The van der Waals surface area contributed by atoms with Crippen LogP contribution in [0.4, 0.5) is 0 Å². The van der Waals surface area contributed by atoms with Crippen molar-refractivity contribution < 1.29 is 0 Å². The second-order valence-electron chi connectivity index (χ2n) is 4.83. The van der Waals surface area contributed by atoms with E-state index in [9.17, 15) is 0 Å². The first-order chi connectivity index (χ1) is 8.17. The van der Waals surface area contributed by atoms with E-state index in [2.05, 4.69) is 19.9 Å². The maximum absolute atomic E-state index is 6.38. The summed E-state index contributed by atoms with van der Waals surface area (Å²) >= 11 is 0. The number of fused-ring (bicyclic) bond motifs is 1. The minimum Gasteiger partial charge on any atom is -0.342 e. The summed E-state index contributed by atoms with van der Waals surface area (Å²) < 4.78 is 0. The van der Waals surface area contributed by atoms with Gasteiger partial charge in [-0.2, -0.15) is 0 Å². The molecule has 0 atom stereocenters. The van der Waals surface area contributed by atoms with Crippen LogP contribution in [0, 0.1) is 0 Å². The number of nitrogens with zero attached hydrogens (tertiary/aromatic N) is 3. The van der Waals surface area contributed by atoms with Crippen LogP contribution >= 0.6 is 0 Å². The van der Waals surface area contributed by atoms with E-state index in [4.69, 9.17) is 11.5 Å². The Morgan fingerprint density at radius 1 is 1.29 bits per heavy atom. The van der Waals surface area contributed by atoms with Crippen molar-refractivity contribution in [3.63, 3.8) is 0 Å². The molecule has 2 heterocycles. The largest absolute Gasteiger partial charge is 0.342 e. The number of aromatic nitrogens is 4. The lowest BCUT2D eigenvalue weighted by atomic mass is 9.80. The highest BCUT2D eigenvalue weighted by molar-refractivity contribution is 5.68. The van der Waals surface area contributed by atoms with Crippen molar-refractivity contribution in [3.8, 4) is 0 Å². The molecule has 0 aliphatic heterocycles. The van der Waals surface area contributed by atoms with Gasteiger partial charge in [0.15, 0.2) is 11.5 Å². The Labute approximate surface area is 98.8 Å². The van der Waals surface area contributed by atoms with Crippen molar-refractivity contribution in [2.45, 2.75) is 37.3 Å². The molecule has 1 aliphatic rings. The van der Waals surface area contributed by atoms with E-state index in [1.54, 1.807) is 12.5 Å². The molecule has 6 nitrogen and oxygen atoms in total. The minimum atomic E-state index is -0.441. The number of aromatic amines is 1. The van der Waals surface area contributed by atoms with E-state index < -0.39 is 5.54 Å². The fourth-order valence-electron chi connectivity index (χ4n) is 2.35. The van der Waals surface area contributed by atoms with E-state index in [1.807, 2.05) is 0 Å². The van der Waals surface area contributed by atoms with Crippen LogP contribution in [-0.4, -0.2) is 26.0 Å². The molecule has 1 fully saturated rings. The van der Waals surface area contributed by atoms with Gasteiger partial charge in [0.05, 0.1) is 18.1 Å². The van der Waals surface area contributed by atoms with Gasteiger partial charge in [0, 0.05) is 6.04 Å². The Kier molecular flexibility index (Phi) is 2.34. The molecule has 6 heteroatoms. The predicted molar refractivity (Wildman–Crippen MR) is 64.0 cm³/mol. The summed E-state index contributed by atoms with van der Waals surface area (Å²) in [5.74, 6) is 0.684. The molecule has 0 aromatic carbocycles. The number of nitrogens with one attached hydrogen (secondary N) is 1. The van der Waals surface area contributed by atoms with Gasteiger partial charge in [-0.05, 0) is 25.7 Å². The average Bonchev–Trinajstić information content (AvgIpc) is 2.80. The zero-order valence-corrected chi connectivity index (χ0v) is 9.56. The summed E-state index contributed by atoms with van der Waals surface area (Å²) in [7, 11) is 0. The Morgan fingerprint density at radius 2 is 2.06 bits per heavy atom. The molecule has 1 aliphatic carbocycles. The molecule has 0 saturated heterocycles.